The Morgan fingerprint density at radius 2 is 1.86 bits per heavy atom. The highest BCUT2D eigenvalue weighted by Crippen LogP contribution is 2.12. The second-order valence-electron chi connectivity index (χ2n) is 5.02. The van der Waals surface area contributed by atoms with Crippen LogP contribution < -0.4 is 4.72 Å². The van der Waals surface area contributed by atoms with Crippen LogP contribution in [0.3, 0.4) is 0 Å². The molecule has 6 heteroatoms. The standard InChI is InChI=1S/C15H24N2O3S/c1-4-5-12-17(3)15(18)11-8-13-6-9-14(10-7-13)21(19,20)16-2/h6-7,9-10,16H,4-5,8,11-12H2,1-3H3. The van der Waals surface area contributed by atoms with E-state index in [1.54, 1.807) is 29.2 Å². The van der Waals surface area contributed by atoms with Gasteiger partial charge in [0.25, 0.3) is 0 Å². The van der Waals surface area contributed by atoms with Gasteiger partial charge in [0, 0.05) is 20.0 Å². The first kappa shape index (κ1) is 17.7. The van der Waals surface area contributed by atoms with Gasteiger partial charge < -0.3 is 4.90 Å². The number of nitrogens with zero attached hydrogens (tertiary/aromatic N) is 1. The van der Waals surface area contributed by atoms with E-state index in [2.05, 4.69) is 11.6 Å². The molecule has 1 rings (SSSR count). The summed E-state index contributed by atoms with van der Waals surface area (Å²) in [6.45, 7) is 2.88. The molecule has 1 N–H and O–H groups in total. The highest BCUT2D eigenvalue weighted by Gasteiger charge is 2.11. The van der Waals surface area contributed by atoms with Gasteiger partial charge in [-0.25, -0.2) is 13.1 Å². The van der Waals surface area contributed by atoms with Crippen molar-refractivity contribution in [2.75, 3.05) is 20.6 Å². The largest absolute Gasteiger partial charge is 0.346 e. The van der Waals surface area contributed by atoms with Crippen molar-refractivity contribution in [3.05, 3.63) is 29.8 Å². The third kappa shape index (κ3) is 5.47. The molecule has 0 saturated carbocycles. The maximum absolute atomic E-state index is 11.9. The van der Waals surface area contributed by atoms with Gasteiger partial charge in [-0.2, -0.15) is 0 Å². The normalized spacial score (nSPS) is 11.4. The van der Waals surface area contributed by atoms with Crippen LogP contribution in [0.5, 0.6) is 0 Å². The zero-order valence-electron chi connectivity index (χ0n) is 12.9. The summed E-state index contributed by atoms with van der Waals surface area (Å²) in [5, 5.41) is 0. The Hall–Kier alpha value is -1.40. The summed E-state index contributed by atoms with van der Waals surface area (Å²) in [5.74, 6) is 0.121. The molecule has 5 nitrogen and oxygen atoms in total. The van der Waals surface area contributed by atoms with Crippen LogP contribution in [0.25, 0.3) is 0 Å². The summed E-state index contributed by atoms with van der Waals surface area (Å²) in [6.07, 6.45) is 3.14. The van der Waals surface area contributed by atoms with Crippen LogP contribution in [-0.2, 0) is 21.2 Å². The highest BCUT2D eigenvalue weighted by molar-refractivity contribution is 7.89. The number of carbonyl (C=O) groups excluding carboxylic acids is 1. The maximum atomic E-state index is 11.9. The van der Waals surface area contributed by atoms with Crippen LogP contribution in [0.15, 0.2) is 29.2 Å². The van der Waals surface area contributed by atoms with Gasteiger partial charge in [0.2, 0.25) is 15.9 Å². The molecule has 0 aliphatic heterocycles. The van der Waals surface area contributed by atoms with Crippen molar-refractivity contribution in [1.29, 1.82) is 0 Å². The molecule has 0 fully saturated rings. The number of nitrogens with one attached hydrogen (secondary N) is 1. The summed E-state index contributed by atoms with van der Waals surface area (Å²) in [5.41, 5.74) is 0.960. The van der Waals surface area contributed by atoms with E-state index in [4.69, 9.17) is 0 Å². The van der Waals surface area contributed by atoms with E-state index in [1.807, 2.05) is 7.05 Å². The summed E-state index contributed by atoms with van der Waals surface area (Å²) in [7, 11) is -0.192. The second kappa shape index (κ2) is 8.14. The second-order valence-corrected chi connectivity index (χ2v) is 6.91. The minimum atomic E-state index is -3.40. The van der Waals surface area contributed by atoms with E-state index in [0.717, 1.165) is 24.9 Å². The first-order valence-corrected chi connectivity index (χ1v) is 8.65. The number of benzene rings is 1. The molecule has 0 unspecified atom stereocenters. The van der Waals surface area contributed by atoms with E-state index >= 15 is 0 Å². The van der Waals surface area contributed by atoms with Gasteiger partial charge in [0.1, 0.15) is 0 Å². The molecule has 21 heavy (non-hydrogen) atoms. The lowest BCUT2D eigenvalue weighted by atomic mass is 10.1. The molecule has 0 saturated heterocycles. The Balaban J connectivity index is 2.55. The Bertz CT molecular complexity index is 553. The van der Waals surface area contributed by atoms with Crippen molar-refractivity contribution < 1.29 is 13.2 Å². The van der Waals surface area contributed by atoms with Gasteiger partial charge in [0.15, 0.2) is 0 Å². The summed E-state index contributed by atoms with van der Waals surface area (Å²) < 4.78 is 25.5. The molecule has 1 aromatic rings. The van der Waals surface area contributed by atoms with Crippen LogP contribution >= 0.6 is 0 Å². The van der Waals surface area contributed by atoms with Crippen molar-refractivity contribution in [1.82, 2.24) is 9.62 Å². The van der Waals surface area contributed by atoms with Crippen molar-refractivity contribution in [3.8, 4) is 0 Å². The van der Waals surface area contributed by atoms with Crippen molar-refractivity contribution >= 4 is 15.9 Å². The molecule has 118 valence electrons. The topological polar surface area (TPSA) is 66.5 Å². The van der Waals surface area contributed by atoms with Gasteiger partial charge in [-0.05, 0) is 37.6 Å². The number of carbonyl (C=O) groups is 1. The predicted molar refractivity (Wildman–Crippen MR) is 83.6 cm³/mol. The third-order valence-electron chi connectivity index (χ3n) is 3.40. The Morgan fingerprint density at radius 3 is 2.38 bits per heavy atom. The number of aryl methyl sites for hydroxylation is 1. The predicted octanol–water partition coefficient (Wildman–Crippen LogP) is 1.79. The molecular weight excluding hydrogens is 288 g/mol. The number of hydrogen-bond acceptors (Lipinski definition) is 3. The fourth-order valence-electron chi connectivity index (χ4n) is 1.92. The highest BCUT2D eigenvalue weighted by atomic mass is 32.2. The lowest BCUT2D eigenvalue weighted by molar-refractivity contribution is -0.129. The average Bonchev–Trinajstić information content (AvgIpc) is 2.50. The number of rotatable bonds is 8. The molecule has 0 radical (unpaired) electrons. The van der Waals surface area contributed by atoms with E-state index in [9.17, 15) is 13.2 Å². The first-order valence-electron chi connectivity index (χ1n) is 7.17. The van der Waals surface area contributed by atoms with Crippen LogP contribution in [-0.4, -0.2) is 39.9 Å². The van der Waals surface area contributed by atoms with Crippen molar-refractivity contribution in [2.24, 2.45) is 0 Å². The minimum Gasteiger partial charge on any atom is -0.346 e. The van der Waals surface area contributed by atoms with Gasteiger partial charge in [0.05, 0.1) is 4.90 Å². The van der Waals surface area contributed by atoms with Crippen LogP contribution in [0.4, 0.5) is 0 Å². The van der Waals surface area contributed by atoms with E-state index in [1.165, 1.54) is 7.05 Å². The zero-order valence-corrected chi connectivity index (χ0v) is 13.7. The number of unbranched alkanes of at least 4 members (excludes halogenated alkanes) is 1. The quantitative estimate of drug-likeness (QED) is 0.796. The molecule has 0 bridgehead atoms. The molecule has 0 atom stereocenters. The Kier molecular flexibility index (Phi) is 6.84. The molecule has 0 heterocycles. The third-order valence-corrected chi connectivity index (χ3v) is 4.83. The van der Waals surface area contributed by atoms with Gasteiger partial charge in [-0.1, -0.05) is 25.5 Å². The smallest absolute Gasteiger partial charge is 0.240 e. The molecule has 1 aromatic carbocycles. The summed E-state index contributed by atoms with van der Waals surface area (Å²) in [4.78, 5) is 13.9. The average molecular weight is 312 g/mol. The van der Waals surface area contributed by atoms with Crippen LogP contribution in [0, 0.1) is 0 Å². The number of sulfonamides is 1. The SMILES string of the molecule is CCCCN(C)C(=O)CCc1ccc(S(=O)(=O)NC)cc1. The van der Waals surface area contributed by atoms with E-state index < -0.39 is 10.0 Å². The Morgan fingerprint density at radius 1 is 1.24 bits per heavy atom. The molecule has 0 aromatic heterocycles. The van der Waals surface area contributed by atoms with Crippen LogP contribution in [0.2, 0.25) is 0 Å². The molecule has 0 spiro atoms. The minimum absolute atomic E-state index is 0.121. The first-order chi connectivity index (χ1) is 9.90. The molecule has 0 aliphatic rings. The van der Waals surface area contributed by atoms with Gasteiger partial charge in [-0.3, -0.25) is 4.79 Å². The number of amides is 1. The molecule has 0 aliphatic carbocycles. The Labute approximate surface area is 127 Å². The van der Waals surface area contributed by atoms with Crippen molar-refractivity contribution in [2.45, 2.75) is 37.5 Å². The van der Waals surface area contributed by atoms with Gasteiger partial charge >= 0.3 is 0 Å². The van der Waals surface area contributed by atoms with Crippen LogP contribution in [0.1, 0.15) is 31.7 Å². The lowest BCUT2D eigenvalue weighted by Crippen LogP contribution is -2.27. The van der Waals surface area contributed by atoms with Gasteiger partial charge in [-0.15, -0.1) is 0 Å². The summed E-state index contributed by atoms with van der Waals surface area (Å²) >= 11 is 0. The number of hydrogen-bond donors (Lipinski definition) is 1. The monoisotopic (exact) mass is 312 g/mol. The molecule has 1 amide bonds. The van der Waals surface area contributed by atoms with E-state index in [0.29, 0.717) is 12.8 Å². The summed E-state index contributed by atoms with van der Waals surface area (Å²) in [6, 6.07) is 6.63. The maximum Gasteiger partial charge on any atom is 0.240 e. The fraction of sp³-hybridized carbons (Fsp3) is 0.533. The van der Waals surface area contributed by atoms with E-state index in [-0.39, 0.29) is 10.8 Å². The fourth-order valence-corrected chi connectivity index (χ4v) is 2.65. The lowest BCUT2D eigenvalue weighted by Gasteiger charge is -2.16. The van der Waals surface area contributed by atoms with Crippen molar-refractivity contribution in [3.63, 3.8) is 0 Å². The molecular formula is C15H24N2O3S. The zero-order chi connectivity index (χ0) is 15.9.